The second kappa shape index (κ2) is 5.48. The van der Waals surface area contributed by atoms with Gasteiger partial charge in [0.05, 0.1) is 6.54 Å². The van der Waals surface area contributed by atoms with Gasteiger partial charge in [0.15, 0.2) is 0 Å². The Hall–Kier alpha value is -1.29. The van der Waals surface area contributed by atoms with E-state index >= 15 is 0 Å². The van der Waals surface area contributed by atoms with Gasteiger partial charge in [0.1, 0.15) is 11.7 Å². The monoisotopic (exact) mass is 315 g/mol. The summed E-state index contributed by atoms with van der Waals surface area (Å²) in [5.74, 6) is 0. The van der Waals surface area contributed by atoms with E-state index in [-0.39, 0.29) is 12.1 Å². The minimum Gasteiger partial charge on any atom is -0.622 e. The molecule has 1 N–H and O–H groups in total. The summed E-state index contributed by atoms with van der Waals surface area (Å²) in [5.41, 5.74) is -0.169. The molecule has 8 nitrogen and oxygen atoms in total. The molecular formula is C12H21N5O3S. The predicted octanol–water partition coefficient (Wildman–Crippen LogP) is 1.23. The molecule has 1 amide bonds. The van der Waals surface area contributed by atoms with Crippen LogP contribution in [0.25, 0.3) is 0 Å². The van der Waals surface area contributed by atoms with Crippen molar-refractivity contribution in [1.29, 1.82) is 0 Å². The maximum Gasteiger partial charge on any atom is 0.411 e. The zero-order valence-corrected chi connectivity index (χ0v) is 13.7. The quantitative estimate of drug-likeness (QED) is 0.652. The van der Waals surface area contributed by atoms with Crippen molar-refractivity contribution < 1.29 is 9.53 Å². The van der Waals surface area contributed by atoms with Crippen LogP contribution >= 0.6 is 11.3 Å². The van der Waals surface area contributed by atoms with Crippen LogP contribution in [0.5, 0.6) is 0 Å². The third kappa shape index (κ3) is 3.15. The Bertz CT molecular complexity index is 529. The number of carbonyl (C=O) groups is 1. The number of carbonyl (C=O) groups excluding carboxylic acids is 1. The fraction of sp³-hybridized carbons (Fsp3) is 0.750. The molecule has 21 heavy (non-hydrogen) atoms. The topological polar surface area (TPSA) is 90.4 Å². The van der Waals surface area contributed by atoms with E-state index in [1.807, 2.05) is 32.7 Å². The average molecular weight is 315 g/mol. The highest BCUT2D eigenvalue weighted by Gasteiger charge is 2.45. The number of nitrogens with one attached hydrogen (secondary N) is 1. The van der Waals surface area contributed by atoms with E-state index in [9.17, 15) is 10.0 Å². The van der Waals surface area contributed by atoms with Gasteiger partial charge in [0, 0.05) is 12.5 Å². The van der Waals surface area contributed by atoms with Gasteiger partial charge in [-0.25, -0.2) is 9.69 Å². The van der Waals surface area contributed by atoms with Gasteiger partial charge in [-0.15, -0.1) is 5.10 Å². The third-order valence-electron chi connectivity index (χ3n) is 3.21. The van der Waals surface area contributed by atoms with E-state index in [1.54, 1.807) is 0 Å². The fourth-order valence-electron chi connectivity index (χ4n) is 2.07. The van der Waals surface area contributed by atoms with Gasteiger partial charge >= 0.3 is 11.2 Å². The third-order valence-corrected chi connectivity index (χ3v) is 4.67. The van der Waals surface area contributed by atoms with Crippen LogP contribution in [0.2, 0.25) is 0 Å². The van der Waals surface area contributed by atoms with Gasteiger partial charge in [0.2, 0.25) is 0 Å². The molecule has 2 heterocycles. The maximum atomic E-state index is 13.1. The molecule has 0 aromatic carbocycles. The number of quaternary nitrogens is 1. The number of nitrogens with zero attached hydrogens (tertiary/aromatic N) is 4. The molecule has 0 aliphatic carbocycles. The number of ether oxygens (including phenoxy) is 1. The number of likely N-dealkylation sites (N-methyl/N-ethyl adjacent to an activating group) is 1. The molecule has 118 valence electrons. The number of hydrogen-bond donors (Lipinski definition) is 1. The molecule has 2 unspecified atom stereocenters. The molecular weight excluding hydrogens is 294 g/mol. The zero-order valence-electron chi connectivity index (χ0n) is 12.9. The highest BCUT2D eigenvalue weighted by molar-refractivity contribution is 7.15. The zero-order chi connectivity index (χ0) is 15.8. The number of rotatable bonds is 2. The molecule has 1 aromatic heterocycles. The first-order valence-corrected chi connectivity index (χ1v) is 7.48. The summed E-state index contributed by atoms with van der Waals surface area (Å²) >= 11 is 1.28. The Morgan fingerprint density at radius 2 is 2.19 bits per heavy atom. The maximum absolute atomic E-state index is 13.1. The van der Waals surface area contributed by atoms with E-state index in [2.05, 4.69) is 15.5 Å². The van der Waals surface area contributed by atoms with Crippen LogP contribution in [0.15, 0.2) is 0 Å². The van der Waals surface area contributed by atoms with E-state index in [4.69, 9.17) is 4.74 Å². The Labute approximate surface area is 127 Å². The highest BCUT2D eigenvalue weighted by Crippen LogP contribution is 2.37. The number of amides is 1. The smallest absolute Gasteiger partial charge is 0.411 e. The molecule has 2 rings (SSSR count). The van der Waals surface area contributed by atoms with Crippen molar-refractivity contribution in [1.82, 2.24) is 25.1 Å². The molecule has 0 radical (unpaired) electrons. The van der Waals surface area contributed by atoms with Crippen molar-refractivity contribution in [2.75, 3.05) is 27.3 Å². The average Bonchev–Trinajstić information content (AvgIpc) is 2.95. The molecule has 1 aliphatic heterocycles. The molecule has 0 saturated carbocycles. The lowest BCUT2D eigenvalue weighted by Crippen LogP contribution is -2.51. The van der Waals surface area contributed by atoms with Gasteiger partial charge in [-0.05, 0) is 18.4 Å². The predicted molar refractivity (Wildman–Crippen MR) is 80.6 cm³/mol. The minimum atomic E-state index is -0.837. The first-order valence-electron chi connectivity index (χ1n) is 6.67. The van der Waals surface area contributed by atoms with Crippen molar-refractivity contribution in [3.63, 3.8) is 0 Å². The second-order valence-corrected chi connectivity index (χ2v) is 7.18. The van der Waals surface area contributed by atoms with E-state index < -0.39 is 17.0 Å². The second-order valence-electron chi connectivity index (χ2n) is 6.23. The molecule has 0 spiro atoms. The minimum absolute atomic E-state index is 0.169. The fourth-order valence-corrected chi connectivity index (χ4v) is 3.04. The number of alkyl carbamates (subject to hydrolysis) is 1. The lowest BCUT2D eigenvalue weighted by atomic mass is 9.98. The van der Waals surface area contributed by atoms with E-state index in [1.165, 1.54) is 18.4 Å². The van der Waals surface area contributed by atoms with Crippen LogP contribution in [-0.4, -0.2) is 54.7 Å². The number of aromatic nitrogens is 2. The van der Waals surface area contributed by atoms with Crippen LogP contribution < -0.4 is 9.96 Å². The van der Waals surface area contributed by atoms with Crippen molar-refractivity contribution in [2.24, 2.45) is 0 Å². The van der Waals surface area contributed by atoms with Crippen LogP contribution in [0.4, 0.5) is 9.93 Å². The van der Waals surface area contributed by atoms with Crippen molar-refractivity contribution in [3.8, 4) is 0 Å². The standard InChI is InChI=1S/C12H21N5O3S/c1-12(2,3)9-14-15-10(21-9)17(19)7-16(5)6-8(17)20-11(18)13-4/h8H,6-7H2,1-5H3,(H,13,18). The molecule has 1 aliphatic rings. The molecule has 1 fully saturated rings. The summed E-state index contributed by atoms with van der Waals surface area (Å²) < 4.78 is 4.39. The summed E-state index contributed by atoms with van der Waals surface area (Å²) in [6.45, 7) is 6.59. The van der Waals surface area contributed by atoms with Crippen LogP contribution in [0.3, 0.4) is 0 Å². The van der Waals surface area contributed by atoms with Gasteiger partial charge in [-0.1, -0.05) is 25.9 Å². The first kappa shape index (κ1) is 16.1. The van der Waals surface area contributed by atoms with Gasteiger partial charge in [-0.3, -0.25) is 4.65 Å². The molecule has 9 heteroatoms. The molecule has 0 bridgehead atoms. The van der Waals surface area contributed by atoms with Crippen molar-refractivity contribution >= 4 is 22.6 Å². The van der Waals surface area contributed by atoms with Crippen LogP contribution in [0.1, 0.15) is 25.8 Å². The van der Waals surface area contributed by atoms with E-state index in [0.717, 1.165) is 5.01 Å². The normalized spacial score (nSPS) is 26.9. The Balaban J connectivity index is 2.29. The largest absolute Gasteiger partial charge is 0.622 e. The van der Waals surface area contributed by atoms with Gasteiger partial charge in [0.25, 0.3) is 6.23 Å². The molecule has 2 atom stereocenters. The summed E-state index contributed by atoms with van der Waals surface area (Å²) in [6, 6.07) is 0. The van der Waals surface area contributed by atoms with Crippen LogP contribution in [0, 0.1) is 5.21 Å². The lowest BCUT2D eigenvalue weighted by Gasteiger charge is -2.38. The van der Waals surface area contributed by atoms with Crippen molar-refractivity contribution in [2.45, 2.75) is 32.4 Å². The highest BCUT2D eigenvalue weighted by atomic mass is 32.1. The van der Waals surface area contributed by atoms with Crippen molar-refractivity contribution in [3.05, 3.63) is 10.2 Å². The Morgan fingerprint density at radius 3 is 2.71 bits per heavy atom. The summed E-state index contributed by atoms with van der Waals surface area (Å²) in [5, 5.41) is 24.8. The SMILES string of the molecule is CNC(=O)OC1CN(C)C[N+]1([O-])c1nnc(C(C)(C)C)s1. The van der Waals surface area contributed by atoms with Crippen LogP contribution in [-0.2, 0) is 10.2 Å². The number of hydroxylamine groups is 2. The molecule has 1 saturated heterocycles. The lowest BCUT2D eigenvalue weighted by molar-refractivity contribution is 0.0472. The molecule has 1 aromatic rings. The number of hydrogen-bond acceptors (Lipinski definition) is 7. The summed E-state index contributed by atoms with van der Waals surface area (Å²) in [4.78, 5) is 13.2. The van der Waals surface area contributed by atoms with E-state index in [0.29, 0.717) is 11.7 Å². The summed E-state index contributed by atoms with van der Waals surface area (Å²) in [6.07, 6.45) is -1.45. The summed E-state index contributed by atoms with van der Waals surface area (Å²) in [7, 11) is 3.27. The first-order chi connectivity index (χ1) is 9.66. The van der Waals surface area contributed by atoms with Gasteiger partial charge < -0.3 is 15.3 Å². The Kier molecular flexibility index (Phi) is 4.20. The Morgan fingerprint density at radius 1 is 1.52 bits per heavy atom. The van der Waals surface area contributed by atoms with Gasteiger partial charge in [-0.2, -0.15) is 0 Å².